The van der Waals surface area contributed by atoms with E-state index in [1.165, 1.54) is 11.8 Å². The molecular formula is C9H20O2SSi. The second-order valence-electron chi connectivity index (χ2n) is 4.66. The van der Waals surface area contributed by atoms with Crippen LogP contribution in [0, 0.1) is 0 Å². The first kappa shape index (κ1) is 11.6. The standard InChI is InChI=1S/C9H20O2SSi/c1-13(2,3)5-4-12-7-9-6-10-8-11-9/h9H,4-8H2,1-3H3. The van der Waals surface area contributed by atoms with E-state index < -0.39 is 8.07 Å². The quantitative estimate of drug-likeness (QED) is 0.524. The first-order chi connectivity index (χ1) is 6.08. The fourth-order valence-electron chi connectivity index (χ4n) is 1.06. The zero-order valence-electron chi connectivity index (χ0n) is 8.84. The van der Waals surface area contributed by atoms with Crippen LogP contribution in [0.5, 0.6) is 0 Å². The minimum atomic E-state index is -0.827. The largest absolute Gasteiger partial charge is 0.353 e. The first-order valence-electron chi connectivity index (χ1n) is 4.85. The third-order valence-electron chi connectivity index (χ3n) is 1.99. The van der Waals surface area contributed by atoms with Gasteiger partial charge < -0.3 is 9.47 Å². The van der Waals surface area contributed by atoms with Gasteiger partial charge in [0, 0.05) is 13.8 Å². The van der Waals surface area contributed by atoms with E-state index in [1.54, 1.807) is 0 Å². The third kappa shape index (κ3) is 5.73. The monoisotopic (exact) mass is 220 g/mol. The summed E-state index contributed by atoms with van der Waals surface area (Å²) in [7, 11) is -0.827. The summed E-state index contributed by atoms with van der Waals surface area (Å²) in [5.41, 5.74) is 0. The van der Waals surface area contributed by atoms with Crippen LogP contribution in [0.1, 0.15) is 0 Å². The van der Waals surface area contributed by atoms with E-state index in [1.807, 2.05) is 11.8 Å². The van der Waals surface area contributed by atoms with Crippen LogP contribution in [0.25, 0.3) is 0 Å². The van der Waals surface area contributed by atoms with Crippen LogP contribution in [0.2, 0.25) is 25.7 Å². The van der Waals surface area contributed by atoms with Crippen molar-refractivity contribution in [1.29, 1.82) is 0 Å². The maximum Gasteiger partial charge on any atom is 0.147 e. The van der Waals surface area contributed by atoms with Crippen LogP contribution in [-0.2, 0) is 9.47 Å². The molecule has 1 aliphatic rings. The summed E-state index contributed by atoms with van der Waals surface area (Å²) in [4.78, 5) is 0. The molecule has 1 fully saturated rings. The third-order valence-corrected chi connectivity index (χ3v) is 5.20. The van der Waals surface area contributed by atoms with Crippen LogP contribution >= 0.6 is 11.8 Å². The van der Waals surface area contributed by atoms with Gasteiger partial charge in [0.1, 0.15) is 6.79 Å². The second-order valence-corrected chi connectivity index (χ2v) is 11.4. The van der Waals surface area contributed by atoms with Crippen molar-refractivity contribution in [2.75, 3.05) is 24.9 Å². The maximum atomic E-state index is 5.35. The molecule has 0 bridgehead atoms. The highest BCUT2D eigenvalue weighted by molar-refractivity contribution is 7.99. The summed E-state index contributed by atoms with van der Waals surface area (Å²) in [6.45, 7) is 8.55. The second kappa shape index (κ2) is 5.39. The van der Waals surface area contributed by atoms with E-state index in [0.29, 0.717) is 12.9 Å². The SMILES string of the molecule is C[Si](C)(C)CCSCC1COCO1. The lowest BCUT2D eigenvalue weighted by molar-refractivity contribution is 0.0525. The molecule has 0 saturated carbocycles. The molecule has 1 aliphatic heterocycles. The van der Waals surface area contributed by atoms with Crippen LogP contribution in [0.3, 0.4) is 0 Å². The van der Waals surface area contributed by atoms with Gasteiger partial charge in [0.05, 0.1) is 12.7 Å². The average molecular weight is 220 g/mol. The minimum absolute atomic E-state index is 0.353. The molecule has 4 heteroatoms. The van der Waals surface area contributed by atoms with Gasteiger partial charge in [-0.15, -0.1) is 0 Å². The Morgan fingerprint density at radius 1 is 1.38 bits per heavy atom. The smallest absolute Gasteiger partial charge is 0.147 e. The van der Waals surface area contributed by atoms with Crippen molar-refractivity contribution >= 4 is 19.8 Å². The topological polar surface area (TPSA) is 18.5 Å². The molecular weight excluding hydrogens is 200 g/mol. The lowest BCUT2D eigenvalue weighted by atomic mass is 10.4. The molecule has 0 aromatic carbocycles. The van der Waals surface area contributed by atoms with Crippen molar-refractivity contribution in [3.05, 3.63) is 0 Å². The van der Waals surface area contributed by atoms with Gasteiger partial charge in [0.15, 0.2) is 0 Å². The summed E-state index contributed by atoms with van der Waals surface area (Å²) in [6.07, 6.45) is 0.353. The summed E-state index contributed by atoms with van der Waals surface area (Å²) in [5, 5.41) is 0. The molecule has 13 heavy (non-hydrogen) atoms. The maximum absolute atomic E-state index is 5.35. The van der Waals surface area contributed by atoms with Crippen molar-refractivity contribution in [3.63, 3.8) is 0 Å². The van der Waals surface area contributed by atoms with Gasteiger partial charge >= 0.3 is 0 Å². The molecule has 0 aromatic rings. The van der Waals surface area contributed by atoms with Gasteiger partial charge in [-0.3, -0.25) is 0 Å². The highest BCUT2D eigenvalue weighted by Gasteiger charge is 2.17. The van der Waals surface area contributed by atoms with E-state index >= 15 is 0 Å². The number of thioether (sulfide) groups is 1. The van der Waals surface area contributed by atoms with Crippen LogP contribution in [0.15, 0.2) is 0 Å². The predicted molar refractivity (Wildman–Crippen MR) is 61.2 cm³/mol. The number of hydrogen-bond acceptors (Lipinski definition) is 3. The van der Waals surface area contributed by atoms with Gasteiger partial charge in [-0.1, -0.05) is 19.6 Å². The fourth-order valence-corrected chi connectivity index (χ4v) is 4.71. The van der Waals surface area contributed by atoms with Crippen LogP contribution in [0.4, 0.5) is 0 Å². The molecule has 1 atom stereocenters. The molecule has 0 spiro atoms. The number of hydrogen-bond donors (Lipinski definition) is 0. The van der Waals surface area contributed by atoms with Crippen molar-refractivity contribution in [2.24, 2.45) is 0 Å². The Hall–Kier alpha value is 0.487. The molecule has 78 valence electrons. The molecule has 0 N–H and O–H groups in total. The Labute approximate surface area is 86.4 Å². The zero-order chi connectivity index (χ0) is 9.73. The van der Waals surface area contributed by atoms with Crippen molar-refractivity contribution in [3.8, 4) is 0 Å². The highest BCUT2D eigenvalue weighted by Crippen LogP contribution is 2.16. The summed E-state index contributed by atoms with van der Waals surface area (Å²) >= 11 is 2.01. The molecule has 0 aromatic heterocycles. The van der Waals surface area contributed by atoms with Crippen LogP contribution in [-0.4, -0.2) is 39.1 Å². The Bertz CT molecular complexity index is 141. The van der Waals surface area contributed by atoms with Gasteiger partial charge in [-0.2, -0.15) is 11.8 Å². The van der Waals surface area contributed by atoms with Crippen molar-refractivity contribution < 1.29 is 9.47 Å². The van der Waals surface area contributed by atoms with E-state index in [9.17, 15) is 0 Å². The molecule has 0 amide bonds. The van der Waals surface area contributed by atoms with E-state index in [0.717, 1.165) is 12.4 Å². The summed E-state index contributed by atoms with van der Waals surface area (Å²) in [5.74, 6) is 2.39. The Balaban J connectivity index is 1.94. The molecule has 1 rings (SSSR count). The van der Waals surface area contributed by atoms with Gasteiger partial charge in [0.25, 0.3) is 0 Å². The molecule has 1 unspecified atom stereocenters. The zero-order valence-corrected chi connectivity index (χ0v) is 10.7. The summed E-state index contributed by atoms with van der Waals surface area (Å²) in [6, 6.07) is 1.41. The molecule has 1 saturated heterocycles. The molecule has 0 aliphatic carbocycles. The lowest BCUT2D eigenvalue weighted by Gasteiger charge is -2.15. The first-order valence-corrected chi connectivity index (χ1v) is 9.71. The molecule has 2 nitrogen and oxygen atoms in total. The van der Waals surface area contributed by atoms with Crippen LogP contribution < -0.4 is 0 Å². The van der Waals surface area contributed by atoms with E-state index in [4.69, 9.17) is 9.47 Å². The average Bonchev–Trinajstić information content (AvgIpc) is 2.48. The molecule has 1 heterocycles. The normalized spacial score (nSPS) is 23.8. The fraction of sp³-hybridized carbons (Fsp3) is 1.00. The number of rotatable bonds is 5. The van der Waals surface area contributed by atoms with Gasteiger partial charge in [-0.25, -0.2) is 0 Å². The number of ether oxygens (including phenoxy) is 2. The highest BCUT2D eigenvalue weighted by atomic mass is 32.2. The lowest BCUT2D eigenvalue weighted by Crippen LogP contribution is -2.21. The van der Waals surface area contributed by atoms with E-state index in [-0.39, 0.29) is 0 Å². The van der Waals surface area contributed by atoms with Crippen molar-refractivity contribution in [1.82, 2.24) is 0 Å². The Morgan fingerprint density at radius 3 is 2.69 bits per heavy atom. The van der Waals surface area contributed by atoms with Gasteiger partial charge in [-0.05, 0) is 11.8 Å². The Morgan fingerprint density at radius 2 is 2.15 bits per heavy atom. The molecule has 0 radical (unpaired) electrons. The van der Waals surface area contributed by atoms with E-state index in [2.05, 4.69) is 19.6 Å². The van der Waals surface area contributed by atoms with Gasteiger partial charge in [0.2, 0.25) is 0 Å². The predicted octanol–water partition coefficient (Wildman–Crippen LogP) is 2.43. The summed E-state index contributed by atoms with van der Waals surface area (Å²) < 4.78 is 10.5. The van der Waals surface area contributed by atoms with Crippen molar-refractivity contribution in [2.45, 2.75) is 31.8 Å². The Kier molecular flexibility index (Phi) is 4.79. The minimum Gasteiger partial charge on any atom is -0.353 e.